The highest BCUT2D eigenvalue weighted by atomic mass is 35.5. The fraction of sp³-hybridized carbons (Fsp3) is 0.0952. The summed E-state index contributed by atoms with van der Waals surface area (Å²) in [6.45, 7) is 1.87. The Kier molecular flexibility index (Phi) is 5.62. The van der Waals surface area contributed by atoms with Gasteiger partial charge in [0.15, 0.2) is 0 Å². The third-order valence-corrected chi connectivity index (χ3v) is 6.32. The standard InChI is InChI=1S/C21H16ClN3OS2/c1-13-23-20(27-12-19(26)25-16-9-7-15(22)8-10-16)17-11-18(28-21(17)24-13)14-5-3-2-4-6-14/h2-11H,12H2,1H3,(H,25,26). The average Bonchev–Trinajstić information content (AvgIpc) is 3.12. The second-order valence-electron chi connectivity index (χ2n) is 6.12. The first-order valence-electron chi connectivity index (χ1n) is 8.60. The molecule has 4 rings (SSSR count). The first-order valence-corrected chi connectivity index (χ1v) is 10.8. The molecule has 0 aliphatic heterocycles. The lowest BCUT2D eigenvalue weighted by molar-refractivity contribution is -0.113. The highest BCUT2D eigenvalue weighted by Gasteiger charge is 2.13. The van der Waals surface area contributed by atoms with Gasteiger partial charge in [0.1, 0.15) is 15.7 Å². The van der Waals surface area contributed by atoms with Crippen molar-refractivity contribution < 1.29 is 4.79 Å². The number of carbonyl (C=O) groups excluding carboxylic acids is 1. The van der Waals surface area contributed by atoms with Crippen molar-refractivity contribution in [2.45, 2.75) is 11.9 Å². The molecule has 4 aromatic rings. The van der Waals surface area contributed by atoms with E-state index < -0.39 is 0 Å². The van der Waals surface area contributed by atoms with Gasteiger partial charge in [-0.1, -0.05) is 53.7 Å². The van der Waals surface area contributed by atoms with E-state index in [-0.39, 0.29) is 11.7 Å². The summed E-state index contributed by atoms with van der Waals surface area (Å²) >= 11 is 8.94. The number of rotatable bonds is 5. The molecule has 0 unspecified atom stereocenters. The van der Waals surface area contributed by atoms with E-state index >= 15 is 0 Å². The zero-order valence-corrected chi connectivity index (χ0v) is 17.4. The Bertz CT molecular complexity index is 1130. The Balaban J connectivity index is 1.53. The van der Waals surface area contributed by atoms with E-state index in [1.54, 1.807) is 35.6 Å². The summed E-state index contributed by atoms with van der Waals surface area (Å²) in [5, 5.41) is 5.32. The Morgan fingerprint density at radius 2 is 1.86 bits per heavy atom. The van der Waals surface area contributed by atoms with E-state index in [4.69, 9.17) is 11.6 Å². The third kappa shape index (κ3) is 4.35. The number of benzene rings is 2. The van der Waals surface area contributed by atoms with Crippen molar-refractivity contribution in [1.29, 1.82) is 0 Å². The number of thioether (sulfide) groups is 1. The number of thiophene rings is 1. The van der Waals surface area contributed by atoms with Crippen LogP contribution in [0.4, 0.5) is 5.69 Å². The first-order chi connectivity index (χ1) is 13.6. The van der Waals surface area contributed by atoms with Gasteiger partial charge in [-0.15, -0.1) is 11.3 Å². The molecule has 0 saturated heterocycles. The fourth-order valence-corrected chi connectivity index (χ4v) is 4.84. The minimum absolute atomic E-state index is 0.0877. The second-order valence-corrected chi connectivity index (χ2v) is 8.55. The molecule has 2 heterocycles. The van der Waals surface area contributed by atoms with Gasteiger partial charge < -0.3 is 5.32 Å². The molecule has 1 amide bonds. The summed E-state index contributed by atoms with van der Waals surface area (Å²) in [7, 11) is 0. The van der Waals surface area contributed by atoms with Crippen LogP contribution in [0.1, 0.15) is 5.82 Å². The van der Waals surface area contributed by atoms with Crippen molar-refractivity contribution in [2.24, 2.45) is 0 Å². The lowest BCUT2D eigenvalue weighted by atomic mass is 10.2. The predicted molar refractivity (Wildman–Crippen MR) is 118 cm³/mol. The molecule has 0 radical (unpaired) electrons. The molecule has 2 aromatic carbocycles. The van der Waals surface area contributed by atoms with Crippen LogP contribution < -0.4 is 5.32 Å². The molecular formula is C21H16ClN3OS2. The van der Waals surface area contributed by atoms with E-state index in [1.165, 1.54) is 11.8 Å². The summed E-state index contributed by atoms with van der Waals surface area (Å²) in [6.07, 6.45) is 0. The van der Waals surface area contributed by atoms with E-state index in [9.17, 15) is 4.79 Å². The normalized spacial score (nSPS) is 10.9. The van der Waals surface area contributed by atoms with E-state index in [0.29, 0.717) is 10.8 Å². The fourth-order valence-electron chi connectivity index (χ4n) is 2.72. The zero-order chi connectivity index (χ0) is 19.5. The molecule has 7 heteroatoms. The van der Waals surface area contributed by atoms with Crippen LogP contribution in [0.15, 0.2) is 65.7 Å². The first kappa shape index (κ1) is 18.9. The molecule has 1 N–H and O–H groups in total. The van der Waals surface area contributed by atoms with Crippen LogP contribution in [0.25, 0.3) is 20.7 Å². The maximum Gasteiger partial charge on any atom is 0.234 e. The lowest BCUT2D eigenvalue weighted by Crippen LogP contribution is -2.14. The Morgan fingerprint density at radius 3 is 2.61 bits per heavy atom. The van der Waals surface area contributed by atoms with Crippen molar-refractivity contribution in [1.82, 2.24) is 9.97 Å². The number of hydrogen-bond acceptors (Lipinski definition) is 5. The molecule has 0 fully saturated rings. The minimum Gasteiger partial charge on any atom is -0.325 e. The van der Waals surface area contributed by atoms with Gasteiger partial charge >= 0.3 is 0 Å². The predicted octanol–water partition coefficient (Wildman–Crippen LogP) is 6.05. The topological polar surface area (TPSA) is 54.9 Å². The minimum atomic E-state index is -0.0877. The van der Waals surface area contributed by atoms with Gasteiger partial charge in [-0.3, -0.25) is 4.79 Å². The van der Waals surface area contributed by atoms with Crippen molar-refractivity contribution >= 4 is 56.5 Å². The van der Waals surface area contributed by atoms with Gasteiger partial charge in [0, 0.05) is 21.0 Å². The van der Waals surface area contributed by atoms with Crippen molar-refractivity contribution in [3.8, 4) is 10.4 Å². The van der Waals surface area contributed by atoms with Crippen LogP contribution in [0, 0.1) is 6.92 Å². The Hall–Kier alpha value is -2.41. The molecule has 0 atom stereocenters. The molecule has 140 valence electrons. The molecule has 2 aromatic heterocycles. The van der Waals surface area contributed by atoms with Gasteiger partial charge in [0.25, 0.3) is 0 Å². The molecule has 0 spiro atoms. The number of amides is 1. The van der Waals surface area contributed by atoms with Gasteiger partial charge in [-0.25, -0.2) is 9.97 Å². The van der Waals surface area contributed by atoms with Crippen LogP contribution in [-0.4, -0.2) is 21.6 Å². The van der Waals surface area contributed by atoms with Gasteiger partial charge in [-0.2, -0.15) is 0 Å². The quantitative estimate of drug-likeness (QED) is 0.312. The van der Waals surface area contributed by atoms with Crippen molar-refractivity contribution in [3.05, 3.63) is 71.5 Å². The summed E-state index contributed by atoms with van der Waals surface area (Å²) in [6, 6.07) is 19.4. The molecule has 0 aliphatic carbocycles. The number of fused-ring (bicyclic) bond motifs is 1. The maximum atomic E-state index is 12.3. The van der Waals surface area contributed by atoms with Crippen molar-refractivity contribution in [3.63, 3.8) is 0 Å². The summed E-state index contributed by atoms with van der Waals surface area (Å²) in [4.78, 5) is 23.5. The number of carbonyl (C=O) groups is 1. The van der Waals surface area contributed by atoms with Crippen LogP contribution in [-0.2, 0) is 4.79 Å². The summed E-state index contributed by atoms with van der Waals surface area (Å²) in [5.74, 6) is 0.884. The smallest absolute Gasteiger partial charge is 0.234 e. The lowest BCUT2D eigenvalue weighted by Gasteiger charge is -2.06. The van der Waals surface area contributed by atoms with Crippen LogP contribution in [0.3, 0.4) is 0 Å². The molecule has 0 saturated carbocycles. The summed E-state index contributed by atoms with van der Waals surface area (Å²) in [5.41, 5.74) is 1.88. The number of halogens is 1. The molecular weight excluding hydrogens is 410 g/mol. The maximum absolute atomic E-state index is 12.3. The number of hydrogen-bond donors (Lipinski definition) is 1. The van der Waals surface area contributed by atoms with Crippen molar-refractivity contribution in [2.75, 3.05) is 11.1 Å². The van der Waals surface area contributed by atoms with Crippen LogP contribution in [0.2, 0.25) is 5.02 Å². The third-order valence-electron chi connectivity index (χ3n) is 4.00. The molecule has 28 heavy (non-hydrogen) atoms. The Morgan fingerprint density at radius 1 is 1.11 bits per heavy atom. The van der Waals surface area contributed by atoms with Crippen LogP contribution in [0.5, 0.6) is 0 Å². The number of nitrogens with zero attached hydrogens (tertiary/aromatic N) is 2. The van der Waals surface area contributed by atoms with E-state index in [2.05, 4.69) is 33.5 Å². The largest absolute Gasteiger partial charge is 0.325 e. The monoisotopic (exact) mass is 425 g/mol. The molecule has 4 nitrogen and oxygen atoms in total. The Labute approximate surface area is 176 Å². The van der Waals surface area contributed by atoms with Gasteiger partial charge in [-0.05, 0) is 42.8 Å². The zero-order valence-electron chi connectivity index (χ0n) is 15.0. The van der Waals surface area contributed by atoms with Crippen LogP contribution >= 0.6 is 34.7 Å². The molecule has 0 aliphatic rings. The van der Waals surface area contributed by atoms with Gasteiger partial charge in [0.2, 0.25) is 5.91 Å². The van der Waals surface area contributed by atoms with E-state index in [0.717, 1.165) is 31.4 Å². The average molecular weight is 426 g/mol. The second kappa shape index (κ2) is 8.31. The van der Waals surface area contributed by atoms with Gasteiger partial charge in [0.05, 0.1) is 5.75 Å². The number of aryl methyl sites for hydroxylation is 1. The number of anilines is 1. The highest BCUT2D eigenvalue weighted by molar-refractivity contribution is 8.00. The number of aromatic nitrogens is 2. The number of nitrogens with one attached hydrogen (secondary N) is 1. The van der Waals surface area contributed by atoms with E-state index in [1.807, 2.05) is 25.1 Å². The SMILES string of the molecule is Cc1nc(SCC(=O)Nc2ccc(Cl)cc2)c2cc(-c3ccccc3)sc2n1. The molecule has 0 bridgehead atoms. The summed E-state index contributed by atoms with van der Waals surface area (Å²) < 4.78 is 0. The highest BCUT2D eigenvalue weighted by Crippen LogP contribution is 2.36.